The van der Waals surface area contributed by atoms with Crippen LogP contribution in [0.5, 0.6) is 11.5 Å². The number of ether oxygens (including phenoxy) is 3. The lowest BCUT2D eigenvalue weighted by Gasteiger charge is -2.33. The summed E-state index contributed by atoms with van der Waals surface area (Å²) in [5.74, 6) is 1.60. The molecule has 1 aliphatic carbocycles. The van der Waals surface area contributed by atoms with Gasteiger partial charge in [0.25, 0.3) is 0 Å². The third-order valence-electron chi connectivity index (χ3n) is 6.16. The molecule has 31 heavy (non-hydrogen) atoms. The summed E-state index contributed by atoms with van der Waals surface area (Å²) in [6.45, 7) is 3.49. The third kappa shape index (κ3) is 5.38. The van der Waals surface area contributed by atoms with Crippen molar-refractivity contribution in [1.82, 2.24) is 10.2 Å². The second kappa shape index (κ2) is 10.2. The van der Waals surface area contributed by atoms with Gasteiger partial charge in [0.2, 0.25) is 5.91 Å². The standard InChI is InChI=1S/C25H32N2O4/c1-29-14-13-27(18-20-7-3-2-4-8-20)19-24(28)26-25(11-5-6-12-25)21-9-10-22-23(17-21)31-16-15-30-22/h2-4,7-10,17H,5-6,11-16,18-19H2,1H3,(H,26,28). The van der Waals surface area contributed by atoms with Gasteiger partial charge in [-0.2, -0.15) is 0 Å². The number of hydrogen-bond acceptors (Lipinski definition) is 5. The van der Waals surface area contributed by atoms with E-state index in [2.05, 4.69) is 28.4 Å². The predicted octanol–water partition coefficient (Wildman–Crippen LogP) is 3.49. The number of fused-ring (bicyclic) bond motifs is 1. The fraction of sp³-hybridized carbons (Fsp3) is 0.480. The van der Waals surface area contributed by atoms with Crippen molar-refractivity contribution in [3.63, 3.8) is 0 Å². The van der Waals surface area contributed by atoms with E-state index in [-0.39, 0.29) is 11.4 Å². The minimum atomic E-state index is -0.341. The zero-order chi connectivity index (χ0) is 21.5. The van der Waals surface area contributed by atoms with Gasteiger partial charge in [0.15, 0.2) is 11.5 Å². The summed E-state index contributed by atoms with van der Waals surface area (Å²) >= 11 is 0. The first kappa shape index (κ1) is 21.7. The van der Waals surface area contributed by atoms with Crippen molar-refractivity contribution in [3.05, 3.63) is 59.7 Å². The molecule has 1 heterocycles. The molecule has 2 aliphatic rings. The number of rotatable bonds is 9. The minimum absolute atomic E-state index is 0.0452. The van der Waals surface area contributed by atoms with Crippen molar-refractivity contribution in [1.29, 1.82) is 0 Å². The molecular formula is C25H32N2O4. The van der Waals surface area contributed by atoms with Crippen LogP contribution in [0.3, 0.4) is 0 Å². The Morgan fingerprint density at radius 3 is 2.55 bits per heavy atom. The van der Waals surface area contributed by atoms with Crippen LogP contribution in [0.25, 0.3) is 0 Å². The first-order valence-electron chi connectivity index (χ1n) is 11.1. The highest BCUT2D eigenvalue weighted by atomic mass is 16.6. The molecule has 0 radical (unpaired) electrons. The molecule has 166 valence electrons. The Hall–Kier alpha value is -2.57. The Labute approximate surface area is 184 Å². The van der Waals surface area contributed by atoms with Gasteiger partial charge in [-0.15, -0.1) is 0 Å². The Balaban J connectivity index is 1.47. The van der Waals surface area contributed by atoms with Crippen molar-refractivity contribution >= 4 is 5.91 Å². The normalized spacial score (nSPS) is 17.0. The van der Waals surface area contributed by atoms with Crippen LogP contribution in [0.2, 0.25) is 0 Å². The lowest BCUT2D eigenvalue weighted by Crippen LogP contribution is -2.48. The van der Waals surface area contributed by atoms with Gasteiger partial charge in [-0.1, -0.05) is 49.2 Å². The highest BCUT2D eigenvalue weighted by Gasteiger charge is 2.38. The maximum atomic E-state index is 13.2. The van der Waals surface area contributed by atoms with Crippen molar-refractivity contribution in [2.75, 3.05) is 40.0 Å². The van der Waals surface area contributed by atoms with E-state index in [1.165, 1.54) is 5.56 Å². The number of carbonyl (C=O) groups is 1. The van der Waals surface area contributed by atoms with E-state index in [0.29, 0.717) is 39.5 Å². The molecule has 1 amide bonds. The molecule has 0 aromatic heterocycles. The number of amides is 1. The number of nitrogens with zero attached hydrogens (tertiary/aromatic N) is 1. The fourth-order valence-corrected chi connectivity index (χ4v) is 4.59. The molecule has 2 aromatic carbocycles. The molecule has 1 aliphatic heterocycles. The van der Waals surface area contributed by atoms with Gasteiger partial charge in [-0.05, 0) is 36.1 Å². The van der Waals surface area contributed by atoms with Crippen LogP contribution in [-0.2, 0) is 21.6 Å². The Morgan fingerprint density at radius 2 is 1.81 bits per heavy atom. The average Bonchev–Trinajstić information content (AvgIpc) is 3.27. The van der Waals surface area contributed by atoms with E-state index in [1.807, 2.05) is 30.3 Å². The van der Waals surface area contributed by atoms with E-state index in [1.54, 1.807) is 7.11 Å². The third-order valence-corrected chi connectivity index (χ3v) is 6.16. The zero-order valence-corrected chi connectivity index (χ0v) is 18.3. The summed E-state index contributed by atoms with van der Waals surface area (Å²) < 4.78 is 16.7. The molecule has 0 spiro atoms. The van der Waals surface area contributed by atoms with Crippen LogP contribution in [0.4, 0.5) is 0 Å². The van der Waals surface area contributed by atoms with Crippen LogP contribution >= 0.6 is 0 Å². The molecule has 0 atom stereocenters. The van der Waals surface area contributed by atoms with Gasteiger partial charge in [-0.3, -0.25) is 9.69 Å². The van der Waals surface area contributed by atoms with E-state index in [0.717, 1.165) is 42.7 Å². The summed E-state index contributed by atoms with van der Waals surface area (Å²) in [4.78, 5) is 15.3. The minimum Gasteiger partial charge on any atom is -0.486 e. The molecular weight excluding hydrogens is 392 g/mol. The zero-order valence-electron chi connectivity index (χ0n) is 18.3. The van der Waals surface area contributed by atoms with Crippen molar-refractivity contribution in [2.45, 2.75) is 37.8 Å². The molecule has 1 fully saturated rings. The van der Waals surface area contributed by atoms with E-state index in [9.17, 15) is 4.79 Å². The van der Waals surface area contributed by atoms with Gasteiger partial charge in [0.05, 0.1) is 18.7 Å². The summed E-state index contributed by atoms with van der Waals surface area (Å²) in [6, 6.07) is 16.3. The Morgan fingerprint density at radius 1 is 1.06 bits per heavy atom. The highest BCUT2D eigenvalue weighted by molar-refractivity contribution is 5.79. The number of methoxy groups -OCH3 is 1. The van der Waals surface area contributed by atoms with Crippen molar-refractivity contribution < 1.29 is 19.0 Å². The molecule has 1 N–H and O–H groups in total. The van der Waals surface area contributed by atoms with Crippen molar-refractivity contribution in [3.8, 4) is 11.5 Å². The van der Waals surface area contributed by atoms with Crippen LogP contribution in [-0.4, -0.2) is 50.8 Å². The van der Waals surface area contributed by atoms with Crippen LogP contribution in [0.1, 0.15) is 36.8 Å². The lowest BCUT2D eigenvalue weighted by molar-refractivity contribution is -0.124. The van der Waals surface area contributed by atoms with E-state index < -0.39 is 0 Å². The summed E-state index contributed by atoms with van der Waals surface area (Å²) in [6.07, 6.45) is 4.09. The van der Waals surface area contributed by atoms with Gasteiger partial charge >= 0.3 is 0 Å². The smallest absolute Gasteiger partial charge is 0.234 e. The maximum Gasteiger partial charge on any atom is 0.234 e. The van der Waals surface area contributed by atoms with Crippen LogP contribution in [0.15, 0.2) is 48.5 Å². The summed E-state index contributed by atoms with van der Waals surface area (Å²) in [5, 5.41) is 3.39. The molecule has 0 unspecified atom stereocenters. The average molecular weight is 425 g/mol. The molecule has 0 saturated heterocycles. The molecule has 6 nitrogen and oxygen atoms in total. The Kier molecular flexibility index (Phi) is 7.10. The van der Waals surface area contributed by atoms with E-state index in [4.69, 9.17) is 14.2 Å². The molecule has 6 heteroatoms. The molecule has 1 saturated carbocycles. The van der Waals surface area contributed by atoms with Crippen LogP contribution < -0.4 is 14.8 Å². The topological polar surface area (TPSA) is 60.0 Å². The second-order valence-electron chi connectivity index (χ2n) is 8.38. The van der Waals surface area contributed by atoms with Crippen molar-refractivity contribution in [2.24, 2.45) is 0 Å². The fourth-order valence-electron chi connectivity index (χ4n) is 4.59. The predicted molar refractivity (Wildman–Crippen MR) is 119 cm³/mol. The first-order chi connectivity index (χ1) is 15.2. The SMILES string of the molecule is COCCN(CC(=O)NC1(c2ccc3c(c2)OCCO3)CCCC1)Cc1ccccc1. The van der Waals surface area contributed by atoms with E-state index >= 15 is 0 Å². The molecule has 0 bridgehead atoms. The molecule has 2 aromatic rings. The maximum absolute atomic E-state index is 13.2. The van der Waals surface area contributed by atoms with Crippen LogP contribution in [0, 0.1) is 0 Å². The number of nitrogens with one attached hydrogen (secondary N) is 1. The largest absolute Gasteiger partial charge is 0.486 e. The van der Waals surface area contributed by atoms with Gasteiger partial charge in [0.1, 0.15) is 13.2 Å². The van der Waals surface area contributed by atoms with Gasteiger partial charge < -0.3 is 19.5 Å². The number of carbonyl (C=O) groups excluding carboxylic acids is 1. The first-order valence-corrected chi connectivity index (χ1v) is 11.1. The van der Waals surface area contributed by atoms with Gasteiger partial charge in [-0.25, -0.2) is 0 Å². The second-order valence-corrected chi connectivity index (χ2v) is 8.38. The summed E-state index contributed by atoms with van der Waals surface area (Å²) in [5.41, 5.74) is 1.95. The molecule has 4 rings (SSSR count). The lowest BCUT2D eigenvalue weighted by atomic mass is 9.87. The summed E-state index contributed by atoms with van der Waals surface area (Å²) in [7, 11) is 1.69. The Bertz CT molecular complexity index is 865. The quantitative estimate of drug-likeness (QED) is 0.668. The van der Waals surface area contributed by atoms with Gasteiger partial charge in [0, 0.05) is 20.2 Å². The number of benzene rings is 2. The monoisotopic (exact) mass is 424 g/mol. The highest BCUT2D eigenvalue weighted by Crippen LogP contribution is 2.42. The number of hydrogen-bond donors (Lipinski definition) is 1.